The average molecular weight is 283 g/mol. The second-order valence-electron chi connectivity index (χ2n) is 4.25. The van der Waals surface area contributed by atoms with Gasteiger partial charge in [-0.1, -0.05) is 12.1 Å². The Labute approximate surface area is 113 Å². The monoisotopic (exact) mass is 283 g/mol. The Kier molecular flexibility index (Phi) is 3.94. The Balaban J connectivity index is 2.20. The van der Waals surface area contributed by atoms with Gasteiger partial charge in [-0.05, 0) is 36.2 Å². The minimum atomic E-state index is -4.72. The zero-order valence-corrected chi connectivity index (χ0v) is 10.6. The van der Waals surface area contributed by atoms with Crippen LogP contribution in [0.1, 0.15) is 22.8 Å². The highest BCUT2D eigenvalue weighted by molar-refractivity contribution is 5.36. The summed E-state index contributed by atoms with van der Waals surface area (Å²) in [4.78, 5) is 3.92. The maximum Gasteiger partial charge on any atom is 0.573 e. The van der Waals surface area contributed by atoms with Crippen molar-refractivity contribution in [3.05, 3.63) is 59.4 Å². The van der Waals surface area contributed by atoms with E-state index in [1.807, 2.05) is 6.92 Å². The van der Waals surface area contributed by atoms with Crippen LogP contribution >= 0.6 is 0 Å². The maximum absolute atomic E-state index is 12.0. The minimum Gasteiger partial charge on any atom is -0.406 e. The van der Waals surface area contributed by atoms with E-state index in [-0.39, 0.29) is 5.75 Å². The molecule has 1 unspecified atom stereocenters. The summed E-state index contributed by atoms with van der Waals surface area (Å²) in [5.41, 5.74) is 1.93. The molecule has 1 heterocycles. The van der Waals surface area contributed by atoms with E-state index in [0.717, 1.165) is 17.7 Å². The lowest BCUT2D eigenvalue weighted by molar-refractivity contribution is -0.274. The van der Waals surface area contributed by atoms with Gasteiger partial charge in [-0.3, -0.25) is 4.98 Å². The van der Waals surface area contributed by atoms with Crippen LogP contribution in [0.2, 0.25) is 0 Å². The fourth-order valence-corrected chi connectivity index (χ4v) is 1.79. The maximum atomic E-state index is 12.0. The molecule has 1 aromatic carbocycles. The number of rotatable bonds is 3. The van der Waals surface area contributed by atoms with Crippen molar-refractivity contribution >= 4 is 0 Å². The first kappa shape index (κ1) is 14.3. The van der Waals surface area contributed by atoms with Crippen LogP contribution in [0.25, 0.3) is 0 Å². The first-order valence-corrected chi connectivity index (χ1v) is 5.81. The number of halogens is 3. The largest absolute Gasteiger partial charge is 0.573 e. The molecular formula is C14H12F3NO2. The van der Waals surface area contributed by atoms with Crippen LogP contribution in [0.3, 0.4) is 0 Å². The molecule has 0 aliphatic rings. The van der Waals surface area contributed by atoms with Crippen LogP contribution in [-0.4, -0.2) is 16.5 Å². The third kappa shape index (κ3) is 3.48. The highest BCUT2D eigenvalue weighted by Gasteiger charge is 2.31. The van der Waals surface area contributed by atoms with E-state index in [0.29, 0.717) is 11.1 Å². The predicted molar refractivity (Wildman–Crippen MR) is 66.2 cm³/mol. The van der Waals surface area contributed by atoms with Gasteiger partial charge in [-0.15, -0.1) is 13.2 Å². The van der Waals surface area contributed by atoms with E-state index in [2.05, 4.69) is 9.72 Å². The first-order chi connectivity index (χ1) is 9.37. The lowest BCUT2D eigenvalue weighted by Gasteiger charge is -2.14. The molecule has 0 radical (unpaired) electrons. The number of aryl methyl sites for hydroxylation is 1. The highest BCUT2D eigenvalue weighted by atomic mass is 19.4. The van der Waals surface area contributed by atoms with Gasteiger partial charge in [0.1, 0.15) is 11.9 Å². The molecule has 106 valence electrons. The van der Waals surface area contributed by atoms with Crippen LogP contribution in [0, 0.1) is 6.92 Å². The molecule has 2 aromatic rings. The van der Waals surface area contributed by atoms with Gasteiger partial charge in [0.15, 0.2) is 0 Å². The van der Waals surface area contributed by atoms with Crippen molar-refractivity contribution < 1.29 is 23.0 Å². The quantitative estimate of drug-likeness (QED) is 0.939. The summed E-state index contributed by atoms with van der Waals surface area (Å²) in [5.74, 6) is -0.323. The standard InChI is InChI=1S/C14H12F3NO2/c1-9-6-7-18-8-12(9)13(19)10-2-4-11(5-3-10)20-14(15,16)17/h2-8,13,19H,1H3. The number of aliphatic hydroxyl groups excluding tert-OH is 1. The van der Waals surface area contributed by atoms with E-state index >= 15 is 0 Å². The SMILES string of the molecule is Cc1ccncc1C(O)c1ccc(OC(F)(F)F)cc1. The highest BCUT2D eigenvalue weighted by Crippen LogP contribution is 2.27. The van der Waals surface area contributed by atoms with Gasteiger partial charge in [-0.2, -0.15) is 0 Å². The third-order valence-electron chi connectivity index (χ3n) is 2.80. The van der Waals surface area contributed by atoms with Crippen molar-refractivity contribution in [3.8, 4) is 5.75 Å². The van der Waals surface area contributed by atoms with Crippen LogP contribution in [0.15, 0.2) is 42.7 Å². The van der Waals surface area contributed by atoms with Crippen molar-refractivity contribution in [2.45, 2.75) is 19.4 Å². The topological polar surface area (TPSA) is 42.4 Å². The van der Waals surface area contributed by atoms with Gasteiger partial charge in [0.2, 0.25) is 0 Å². The van der Waals surface area contributed by atoms with Gasteiger partial charge >= 0.3 is 6.36 Å². The molecule has 2 rings (SSSR count). The minimum absolute atomic E-state index is 0.323. The Morgan fingerprint density at radius 1 is 1.15 bits per heavy atom. The summed E-state index contributed by atoms with van der Waals surface area (Å²) in [6.07, 6.45) is -2.53. The molecule has 0 fully saturated rings. The Bertz CT molecular complexity index is 582. The van der Waals surface area contributed by atoms with Crippen LogP contribution in [0.4, 0.5) is 13.2 Å². The molecule has 0 saturated carbocycles. The average Bonchev–Trinajstić information content (AvgIpc) is 2.37. The fraction of sp³-hybridized carbons (Fsp3) is 0.214. The molecule has 0 bridgehead atoms. The number of hydrogen-bond acceptors (Lipinski definition) is 3. The Morgan fingerprint density at radius 3 is 2.35 bits per heavy atom. The number of ether oxygens (including phenoxy) is 1. The van der Waals surface area contributed by atoms with E-state index in [4.69, 9.17) is 0 Å². The molecule has 0 spiro atoms. The third-order valence-corrected chi connectivity index (χ3v) is 2.80. The lowest BCUT2D eigenvalue weighted by Crippen LogP contribution is -2.17. The molecule has 0 aliphatic carbocycles. The molecule has 1 atom stereocenters. The molecule has 1 N–H and O–H groups in total. The van der Waals surface area contributed by atoms with E-state index in [9.17, 15) is 18.3 Å². The van der Waals surface area contributed by atoms with E-state index in [1.165, 1.54) is 18.3 Å². The Morgan fingerprint density at radius 2 is 1.80 bits per heavy atom. The summed E-state index contributed by atoms with van der Waals surface area (Å²) in [6, 6.07) is 6.85. The van der Waals surface area contributed by atoms with Gasteiger partial charge in [0.25, 0.3) is 0 Å². The number of hydrogen-bond donors (Lipinski definition) is 1. The van der Waals surface area contributed by atoms with Gasteiger partial charge in [-0.25, -0.2) is 0 Å². The van der Waals surface area contributed by atoms with Gasteiger partial charge < -0.3 is 9.84 Å². The molecule has 1 aromatic heterocycles. The molecule has 0 amide bonds. The smallest absolute Gasteiger partial charge is 0.406 e. The van der Waals surface area contributed by atoms with Crippen molar-refractivity contribution in [2.75, 3.05) is 0 Å². The summed E-state index contributed by atoms with van der Waals surface area (Å²) in [5, 5.41) is 10.2. The second kappa shape index (κ2) is 5.50. The van der Waals surface area contributed by atoms with Crippen molar-refractivity contribution in [1.82, 2.24) is 4.98 Å². The zero-order chi connectivity index (χ0) is 14.8. The van der Waals surface area contributed by atoms with Crippen LogP contribution < -0.4 is 4.74 Å². The predicted octanol–water partition coefficient (Wildman–Crippen LogP) is 3.37. The number of aliphatic hydroxyl groups is 1. The summed E-state index contributed by atoms with van der Waals surface area (Å²) < 4.78 is 39.9. The Hall–Kier alpha value is -2.08. The summed E-state index contributed by atoms with van der Waals surface area (Å²) in [6.45, 7) is 1.82. The normalized spacial score (nSPS) is 13.1. The second-order valence-corrected chi connectivity index (χ2v) is 4.25. The number of alkyl halides is 3. The van der Waals surface area contributed by atoms with Crippen LogP contribution in [-0.2, 0) is 0 Å². The molecule has 0 aliphatic heterocycles. The van der Waals surface area contributed by atoms with Crippen LogP contribution in [0.5, 0.6) is 5.75 Å². The van der Waals surface area contributed by atoms with Gasteiger partial charge in [0.05, 0.1) is 0 Å². The lowest BCUT2D eigenvalue weighted by atomic mass is 9.99. The first-order valence-electron chi connectivity index (χ1n) is 5.81. The molecule has 6 heteroatoms. The van der Waals surface area contributed by atoms with Crippen molar-refractivity contribution in [2.24, 2.45) is 0 Å². The number of pyridine rings is 1. The van der Waals surface area contributed by atoms with Crippen molar-refractivity contribution in [3.63, 3.8) is 0 Å². The number of aromatic nitrogens is 1. The van der Waals surface area contributed by atoms with E-state index in [1.54, 1.807) is 12.3 Å². The fourth-order valence-electron chi connectivity index (χ4n) is 1.79. The molecular weight excluding hydrogens is 271 g/mol. The summed E-state index contributed by atoms with van der Waals surface area (Å²) in [7, 11) is 0. The molecule has 0 saturated heterocycles. The number of nitrogens with zero attached hydrogens (tertiary/aromatic N) is 1. The molecule has 20 heavy (non-hydrogen) atoms. The van der Waals surface area contributed by atoms with Crippen molar-refractivity contribution in [1.29, 1.82) is 0 Å². The van der Waals surface area contributed by atoms with Gasteiger partial charge in [0, 0.05) is 18.0 Å². The summed E-state index contributed by atoms with van der Waals surface area (Å²) >= 11 is 0. The molecule has 3 nitrogen and oxygen atoms in total. The number of benzene rings is 1. The van der Waals surface area contributed by atoms with E-state index < -0.39 is 12.5 Å². The zero-order valence-electron chi connectivity index (χ0n) is 10.6.